The lowest BCUT2D eigenvalue weighted by Gasteiger charge is -2.14. The molecule has 19 heavy (non-hydrogen) atoms. The molecule has 0 spiro atoms. The molecule has 1 fully saturated rings. The van der Waals surface area contributed by atoms with Crippen molar-refractivity contribution >= 4 is 6.03 Å². The Bertz CT molecular complexity index is 553. The van der Waals surface area contributed by atoms with Crippen molar-refractivity contribution in [3.05, 3.63) is 71.8 Å². The lowest BCUT2D eigenvalue weighted by atomic mass is 10.1. The molecule has 96 valence electrons. The molecule has 2 aromatic rings. The van der Waals surface area contributed by atoms with Crippen LogP contribution in [0.25, 0.3) is 0 Å². The summed E-state index contributed by atoms with van der Waals surface area (Å²) in [6.07, 6.45) is 0. The van der Waals surface area contributed by atoms with Crippen LogP contribution in [0.2, 0.25) is 0 Å². The number of hydrogen-bond acceptors (Lipinski definition) is 1. The first kappa shape index (κ1) is 11.8. The molecule has 2 amide bonds. The van der Waals surface area contributed by atoms with Crippen molar-refractivity contribution < 1.29 is 4.79 Å². The summed E-state index contributed by atoms with van der Waals surface area (Å²) in [6.45, 7) is 1.38. The van der Waals surface area contributed by atoms with Crippen LogP contribution in [0, 0.1) is 0 Å². The number of hydrogen-bond donors (Lipinski definition) is 1. The van der Waals surface area contributed by atoms with Crippen LogP contribution in [-0.4, -0.2) is 17.5 Å². The van der Waals surface area contributed by atoms with Gasteiger partial charge in [-0.2, -0.15) is 0 Å². The van der Waals surface area contributed by atoms with Crippen LogP contribution in [0.1, 0.15) is 17.2 Å². The first-order chi connectivity index (χ1) is 9.33. The molecule has 3 nitrogen and oxygen atoms in total. The molecule has 1 aliphatic heterocycles. The van der Waals surface area contributed by atoms with E-state index in [4.69, 9.17) is 0 Å². The van der Waals surface area contributed by atoms with E-state index in [0.717, 1.165) is 17.7 Å². The van der Waals surface area contributed by atoms with Crippen molar-refractivity contribution in [3.63, 3.8) is 0 Å². The van der Waals surface area contributed by atoms with Crippen LogP contribution in [0.4, 0.5) is 4.79 Å². The maximum atomic E-state index is 12.0. The number of nitrogens with one attached hydrogen (secondary N) is 1. The summed E-state index contributed by atoms with van der Waals surface area (Å²) in [5.41, 5.74) is 2.32. The first-order valence-corrected chi connectivity index (χ1v) is 6.47. The van der Waals surface area contributed by atoms with Crippen LogP contribution < -0.4 is 5.32 Å². The third-order valence-corrected chi connectivity index (χ3v) is 3.41. The molecule has 1 N–H and O–H groups in total. The number of nitrogens with zero attached hydrogens (tertiary/aromatic N) is 1. The van der Waals surface area contributed by atoms with Crippen LogP contribution in [-0.2, 0) is 6.54 Å². The fourth-order valence-corrected chi connectivity index (χ4v) is 2.40. The van der Waals surface area contributed by atoms with Gasteiger partial charge in [-0.3, -0.25) is 0 Å². The van der Waals surface area contributed by atoms with E-state index in [1.807, 2.05) is 53.4 Å². The highest BCUT2D eigenvalue weighted by Gasteiger charge is 2.29. The van der Waals surface area contributed by atoms with Crippen molar-refractivity contribution in [1.29, 1.82) is 0 Å². The molecule has 0 saturated carbocycles. The summed E-state index contributed by atoms with van der Waals surface area (Å²) in [5, 5.41) is 3.03. The van der Waals surface area contributed by atoms with E-state index in [9.17, 15) is 4.79 Å². The van der Waals surface area contributed by atoms with Gasteiger partial charge in [-0.15, -0.1) is 0 Å². The summed E-state index contributed by atoms with van der Waals surface area (Å²) >= 11 is 0. The van der Waals surface area contributed by atoms with E-state index in [0.29, 0.717) is 6.54 Å². The number of carbonyl (C=O) groups is 1. The number of benzene rings is 2. The number of amides is 2. The fraction of sp³-hybridized carbons (Fsp3) is 0.188. The van der Waals surface area contributed by atoms with Gasteiger partial charge in [0, 0.05) is 13.1 Å². The standard InChI is InChI=1S/C16H16N2O/c19-16-17-15(14-9-5-2-6-10-14)12-18(16)11-13-7-3-1-4-8-13/h1-10,15H,11-12H2,(H,17,19). The van der Waals surface area contributed by atoms with Gasteiger partial charge in [0.25, 0.3) is 0 Å². The molecule has 1 aliphatic rings. The molecule has 0 aliphatic carbocycles. The highest BCUT2D eigenvalue weighted by atomic mass is 16.2. The van der Waals surface area contributed by atoms with Gasteiger partial charge in [-0.05, 0) is 11.1 Å². The van der Waals surface area contributed by atoms with Gasteiger partial charge in [0.05, 0.1) is 6.04 Å². The minimum absolute atomic E-state index is 0.0118. The van der Waals surface area contributed by atoms with Crippen LogP contribution in [0.5, 0.6) is 0 Å². The molecule has 1 saturated heterocycles. The molecule has 3 rings (SSSR count). The molecule has 0 bridgehead atoms. The quantitative estimate of drug-likeness (QED) is 0.895. The second kappa shape index (κ2) is 5.14. The zero-order chi connectivity index (χ0) is 13.1. The van der Waals surface area contributed by atoms with Gasteiger partial charge in [0.2, 0.25) is 0 Å². The maximum absolute atomic E-state index is 12.0. The Morgan fingerprint density at radius 1 is 1.00 bits per heavy atom. The van der Waals surface area contributed by atoms with Gasteiger partial charge >= 0.3 is 6.03 Å². The summed E-state index contributed by atoms with van der Waals surface area (Å²) in [6, 6.07) is 20.3. The second-order valence-corrected chi connectivity index (χ2v) is 4.78. The van der Waals surface area contributed by atoms with Gasteiger partial charge in [-0.1, -0.05) is 60.7 Å². The lowest BCUT2D eigenvalue weighted by molar-refractivity contribution is 0.215. The molecular weight excluding hydrogens is 236 g/mol. The molecule has 0 aromatic heterocycles. The van der Waals surface area contributed by atoms with Gasteiger partial charge in [0.1, 0.15) is 0 Å². The highest BCUT2D eigenvalue weighted by molar-refractivity contribution is 5.77. The minimum atomic E-state index is 0.0118. The van der Waals surface area contributed by atoms with Gasteiger partial charge in [-0.25, -0.2) is 4.79 Å². The molecule has 0 radical (unpaired) electrons. The van der Waals surface area contributed by atoms with Crippen LogP contribution in [0.3, 0.4) is 0 Å². The molecular formula is C16H16N2O. The second-order valence-electron chi connectivity index (χ2n) is 4.78. The van der Waals surface area contributed by atoms with Crippen molar-refractivity contribution in [2.45, 2.75) is 12.6 Å². The molecule has 1 heterocycles. The highest BCUT2D eigenvalue weighted by Crippen LogP contribution is 2.21. The van der Waals surface area contributed by atoms with E-state index in [1.165, 1.54) is 0 Å². The Morgan fingerprint density at radius 2 is 1.63 bits per heavy atom. The normalized spacial score (nSPS) is 18.4. The summed E-state index contributed by atoms with van der Waals surface area (Å²) in [4.78, 5) is 13.8. The van der Waals surface area contributed by atoms with E-state index in [1.54, 1.807) is 0 Å². The van der Waals surface area contributed by atoms with Gasteiger partial charge < -0.3 is 10.2 Å². The Labute approximate surface area is 112 Å². The number of urea groups is 1. The molecule has 3 heteroatoms. The average molecular weight is 252 g/mol. The van der Waals surface area contributed by atoms with Crippen LogP contribution in [0.15, 0.2) is 60.7 Å². The van der Waals surface area contributed by atoms with Crippen molar-refractivity contribution in [1.82, 2.24) is 10.2 Å². The summed E-state index contributed by atoms with van der Waals surface area (Å²) < 4.78 is 0. The maximum Gasteiger partial charge on any atom is 0.318 e. The third-order valence-electron chi connectivity index (χ3n) is 3.41. The zero-order valence-electron chi connectivity index (χ0n) is 10.6. The minimum Gasteiger partial charge on any atom is -0.329 e. The third kappa shape index (κ3) is 2.60. The largest absolute Gasteiger partial charge is 0.329 e. The average Bonchev–Trinajstić information content (AvgIpc) is 2.82. The van der Waals surface area contributed by atoms with E-state index in [2.05, 4.69) is 17.4 Å². The Hall–Kier alpha value is -2.29. The van der Waals surface area contributed by atoms with E-state index < -0.39 is 0 Å². The Kier molecular flexibility index (Phi) is 3.19. The monoisotopic (exact) mass is 252 g/mol. The summed E-state index contributed by atoms with van der Waals surface area (Å²) in [5.74, 6) is 0. The van der Waals surface area contributed by atoms with Crippen molar-refractivity contribution in [2.24, 2.45) is 0 Å². The smallest absolute Gasteiger partial charge is 0.318 e. The zero-order valence-corrected chi connectivity index (χ0v) is 10.6. The first-order valence-electron chi connectivity index (χ1n) is 6.47. The van der Waals surface area contributed by atoms with Crippen molar-refractivity contribution in [3.8, 4) is 0 Å². The topological polar surface area (TPSA) is 32.3 Å². The predicted molar refractivity (Wildman–Crippen MR) is 74.6 cm³/mol. The molecule has 1 atom stereocenters. The van der Waals surface area contributed by atoms with Crippen molar-refractivity contribution in [2.75, 3.05) is 6.54 Å². The van der Waals surface area contributed by atoms with Crippen LogP contribution >= 0.6 is 0 Å². The number of rotatable bonds is 3. The van der Waals surface area contributed by atoms with E-state index >= 15 is 0 Å². The lowest BCUT2D eigenvalue weighted by Crippen LogP contribution is -2.27. The summed E-state index contributed by atoms with van der Waals surface area (Å²) in [7, 11) is 0. The predicted octanol–water partition coefficient (Wildman–Crippen LogP) is 2.95. The fourth-order valence-electron chi connectivity index (χ4n) is 2.40. The molecule has 1 unspecified atom stereocenters. The van der Waals surface area contributed by atoms with E-state index in [-0.39, 0.29) is 12.1 Å². The number of carbonyl (C=O) groups excluding carboxylic acids is 1. The Morgan fingerprint density at radius 3 is 2.32 bits per heavy atom. The Balaban J connectivity index is 1.71. The van der Waals surface area contributed by atoms with Gasteiger partial charge in [0.15, 0.2) is 0 Å². The molecule has 2 aromatic carbocycles. The SMILES string of the molecule is O=C1NC(c2ccccc2)CN1Cc1ccccc1.